The molecule has 0 bridgehead atoms. The second-order valence-corrected chi connectivity index (χ2v) is 5.45. The second-order valence-electron chi connectivity index (χ2n) is 5.45. The predicted molar refractivity (Wildman–Crippen MR) is 79.9 cm³/mol. The Balaban J connectivity index is 1.86. The van der Waals surface area contributed by atoms with Gasteiger partial charge in [0.15, 0.2) is 0 Å². The molecule has 4 heteroatoms. The van der Waals surface area contributed by atoms with Crippen LogP contribution in [0.1, 0.15) is 12.0 Å². The van der Waals surface area contributed by atoms with Gasteiger partial charge >= 0.3 is 0 Å². The number of imidazole rings is 1. The number of methoxy groups -OCH3 is 1. The zero-order valence-corrected chi connectivity index (χ0v) is 12.1. The lowest BCUT2D eigenvalue weighted by Gasteiger charge is -2.13. The Morgan fingerprint density at radius 1 is 1.45 bits per heavy atom. The minimum atomic E-state index is 0.710. The Labute approximate surface area is 119 Å². The molecule has 0 amide bonds. The molecule has 4 nitrogen and oxygen atoms in total. The molecular weight excluding hydrogens is 250 g/mol. The smallest absolute Gasteiger partial charge is 0.139 e. The van der Waals surface area contributed by atoms with Crippen LogP contribution >= 0.6 is 0 Å². The van der Waals surface area contributed by atoms with E-state index in [1.807, 2.05) is 12.3 Å². The predicted octanol–water partition coefficient (Wildman–Crippen LogP) is 2.48. The monoisotopic (exact) mass is 271 g/mol. The molecule has 0 spiro atoms. The SMILES string of the molecule is COc1ccc(-c2nccn2C[C@H]2CCNC2)cc1C. The maximum absolute atomic E-state index is 5.32. The Hall–Kier alpha value is -1.81. The summed E-state index contributed by atoms with van der Waals surface area (Å²) in [5, 5.41) is 3.42. The lowest BCUT2D eigenvalue weighted by Crippen LogP contribution is -2.14. The fraction of sp³-hybridized carbons (Fsp3) is 0.438. The highest BCUT2D eigenvalue weighted by Gasteiger charge is 2.17. The maximum Gasteiger partial charge on any atom is 0.139 e. The van der Waals surface area contributed by atoms with Crippen molar-refractivity contribution < 1.29 is 4.74 Å². The van der Waals surface area contributed by atoms with E-state index in [9.17, 15) is 0 Å². The van der Waals surface area contributed by atoms with Gasteiger partial charge in [-0.2, -0.15) is 0 Å². The first-order valence-corrected chi connectivity index (χ1v) is 7.15. The molecule has 1 aromatic carbocycles. The third kappa shape index (κ3) is 2.56. The molecular formula is C16H21N3O. The minimum Gasteiger partial charge on any atom is -0.496 e. The summed E-state index contributed by atoms with van der Waals surface area (Å²) in [4.78, 5) is 4.53. The molecule has 106 valence electrons. The molecule has 0 aliphatic carbocycles. The standard InChI is InChI=1S/C16H21N3O/c1-12-9-14(3-4-15(12)20-2)16-18-7-8-19(16)11-13-5-6-17-10-13/h3-4,7-9,13,17H,5-6,10-11H2,1-2H3/t13-/m0/s1. The first-order valence-electron chi connectivity index (χ1n) is 7.15. The van der Waals surface area contributed by atoms with Gasteiger partial charge in [0.25, 0.3) is 0 Å². The average Bonchev–Trinajstić information content (AvgIpc) is 3.11. The molecule has 0 radical (unpaired) electrons. The summed E-state index contributed by atoms with van der Waals surface area (Å²) in [6, 6.07) is 6.24. The normalized spacial score (nSPS) is 18.4. The molecule has 1 atom stereocenters. The van der Waals surface area contributed by atoms with Crippen molar-refractivity contribution in [3.8, 4) is 17.1 Å². The highest BCUT2D eigenvalue weighted by atomic mass is 16.5. The highest BCUT2D eigenvalue weighted by molar-refractivity contribution is 5.59. The van der Waals surface area contributed by atoms with Gasteiger partial charge in [0, 0.05) is 24.5 Å². The van der Waals surface area contributed by atoms with Crippen molar-refractivity contribution >= 4 is 0 Å². The molecule has 0 unspecified atom stereocenters. The number of ether oxygens (including phenoxy) is 1. The zero-order chi connectivity index (χ0) is 13.9. The largest absolute Gasteiger partial charge is 0.496 e. The summed E-state index contributed by atoms with van der Waals surface area (Å²) >= 11 is 0. The van der Waals surface area contributed by atoms with Crippen LogP contribution < -0.4 is 10.1 Å². The summed E-state index contributed by atoms with van der Waals surface area (Å²) in [6.45, 7) is 5.35. The van der Waals surface area contributed by atoms with Gasteiger partial charge in [-0.15, -0.1) is 0 Å². The van der Waals surface area contributed by atoms with E-state index in [4.69, 9.17) is 4.74 Å². The van der Waals surface area contributed by atoms with Crippen molar-refractivity contribution in [1.82, 2.24) is 14.9 Å². The van der Waals surface area contributed by atoms with Gasteiger partial charge in [-0.05, 0) is 56.1 Å². The summed E-state index contributed by atoms with van der Waals surface area (Å²) in [5.74, 6) is 2.68. The van der Waals surface area contributed by atoms with Gasteiger partial charge in [-0.1, -0.05) is 0 Å². The molecule has 20 heavy (non-hydrogen) atoms. The number of hydrogen-bond acceptors (Lipinski definition) is 3. The van der Waals surface area contributed by atoms with E-state index in [0.29, 0.717) is 5.92 Å². The van der Waals surface area contributed by atoms with Crippen LogP contribution in [0.15, 0.2) is 30.6 Å². The van der Waals surface area contributed by atoms with Gasteiger partial charge in [0.2, 0.25) is 0 Å². The van der Waals surface area contributed by atoms with Crippen molar-refractivity contribution in [3.63, 3.8) is 0 Å². The van der Waals surface area contributed by atoms with E-state index < -0.39 is 0 Å². The van der Waals surface area contributed by atoms with Crippen molar-refractivity contribution in [3.05, 3.63) is 36.2 Å². The summed E-state index contributed by atoms with van der Waals surface area (Å²) < 4.78 is 7.58. The number of aromatic nitrogens is 2. The molecule has 0 saturated carbocycles. The number of nitrogens with zero attached hydrogens (tertiary/aromatic N) is 2. The number of aryl methyl sites for hydroxylation is 1. The molecule has 1 fully saturated rings. The molecule has 1 aliphatic rings. The number of benzene rings is 1. The van der Waals surface area contributed by atoms with Crippen molar-refractivity contribution in [2.45, 2.75) is 19.9 Å². The first-order chi connectivity index (χ1) is 9.78. The van der Waals surface area contributed by atoms with Crippen molar-refractivity contribution in [2.24, 2.45) is 5.92 Å². The van der Waals surface area contributed by atoms with Crippen LogP contribution in [-0.2, 0) is 6.54 Å². The van der Waals surface area contributed by atoms with Crippen LogP contribution in [-0.4, -0.2) is 29.8 Å². The first kappa shape index (κ1) is 13.2. The zero-order valence-electron chi connectivity index (χ0n) is 12.1. The number of rotatable bonds is 4. The van der Waals surface area contributed by atoms with E-state index in [-0.39, 0.29) is 0 Å². The number of hydrogen-bond donors (Lipinski definition) is 1. The highest BCUT2D eigenvalue weighted by Crippen LogP contribution is 2.26. The summed E-state index contributed by atoms with van der Waals surface area (Å²) in [5.41, 5.74) is 2.29. The van der Waals surface area contributed by atoms with E-state index in [1.54, 1.807) is 7.11 Å². The quantitative estimate of drug-likeness (QED) is 0.928. The lowest BCUT2D eigenvalue weighted by atomic mass is 10.1. The van der Waals surface area contributed by atoms with Crippen LogP contribution in [0.25, 0.3) is 11.4 Å². The Kier molecular flexibility index (Phi) is 3.74. The summed E-state index contributed by atoms with van der Waals surface area (Å²) in [7, 11) is 1.70. The van der Waals surface area contributed by atoms with E-state index in [2.05, 4.69) is 40.1 Å². The summed E-state index contributed by atoms with van der Waals surface area (Å²) in [6.07, 6.45) is 5.21. The molecule has 2 aromatic rings. The van der Waals surface area contributed by atoms with Gasteiger partial charge in [-0.3, -0.25) is 0 Å². The Bertz CT molecular complexity index is 585. The number of nitrogens with one attached hydrogen (secondary N) is 1. The molecule has 2 heterocycles. The molecule has 1 N–H and O–H groups in total. The molecule has 1 aromatic heterocycles. The van der Waals surface area contributed by atoms with Crippen LogP contribution in [0.2, 0.25) is 0 Å². The van der Waals surface area contributed by atoms with Crippen molar-refractivity contribution in [1.29, 1.82) is 0 Å². The van der Waals surface area contributed by atoms with Crippen LogP contribution in [0.3, 0.4) is 0 Å². The average molecular weight is 271 g/mol. The van der Waals surface area contributed by atoms with E-state index in [0.717, 1.165) is 42.3 Å². The fourth-order valence-corrected chi connectivity index (χ4v) is 2.88. The van der Waals surface area contributed by atoms with Crippen LogP contribution in [0.5, 0.6) is 5.75 Å². The molecule has 3 rings (SSSR count). The lowest BCUT2D eigenvalue weighted by molar-refractivity contribution is 0.411. The maximum atomic E-state index is 5.32. The molecule has 1 saturated heterocycles. The van der Waals surface area contributed by atoms with Crippen LogP contribution in [0.4, 0.5) is 0 Å². The third-order valence-corrected chi connectivity index (χ3v) is 3.99. The van der Waals surface area contributed by atoms with Gasteiger partial charge in [0.05, 0.1) is 7.11 Å². The Morgan fingerprint density at radius 3 is 3.05 bits per heavy atom. The van der Waals surface area contributed by atoms with E-state index >= 15 is 0 Å². The topological polar surface area (TPSA) is 39.1 Å². The second kappa shape index (κ2) is 5.67. The van der Waals surface area contributed by atoms with Crippen LogP contribution in [0, 0.1) is 12.8 Å². The van der Waals surface area contributed by atoms with Gasteiger partial charge in [0.1, 0.15) is 11.6 Å². The van der Waals surface area contributed by atoms with E-state index in [1.165, 1.54) is 6.42 Å². The molecule has 1 aliphatic heterocycles. The third-order valence-electron chi connectivity index (χ3n) is 3.99. The van der Waals surface area contributed by atoms with Gasteiger partial charge < -0.3 is 14.6 Å². The van der Waals surface area contributed by atoms with Gasteiger partial charge in [-0.25, -0.2) is 4.98 Å². The van der Waals surface area contributed by atoms with Crippen molar-refractivity contribution in [2.75, 3.05) is 20.2 Å². The minimum absolute atomic E-state index is 0.710. The Morgan fingerprint density at radius 2 is 2.35 bits per heavy atom. The fourth-order valence-electron chi connectivity index (χ4n) is 2.88.